The fraction of sp³-hybridized carbons (Fsp3) is 0.440. The molecule has 160 valence electrons. The number of rotatable bonds is 6. The summed E-state index contributed by atoms with van der Waals surface area (Å²) in [5.74, 6) is -0.410. The van der Waals surface area contributed by atoms with Crippen molar-refractivity contribution in [1.82, 2.24) is 0 Å². The zero-order chi connectivity index (χ0) is 21.7. The third-order valence-electron chi connectivity index (χ3n) is 5.70. The van der Waals surface area contributed by atoms with Gasteiger partial charge in [-0.25, -0.2) is 9.59 Å². The van der Waals surface area contributed by atoms with Gasteiger partial charge >= 0.3 is 11.9 Å². The van der Waals surface area contributed by atoms with Gasteiger partial charge in [0.1, 0.15) is 0 Å². The predicted molar refractivity (Wildman–Crippen MR) is 114 cm³/mol. The van der Waals surface area contributed by atoms with E-state index in [2.05, 4.69) is 20.8 Å². The molecule has 0 aromatic heterocycles. The maximum Gasteiger partial charge on any atom is 0.340 e. The van der Waals surface area contributed by atoms with Crippen LogP contribution in [0, 0.1) is 17.8 Å². The first-order chi connectivity index (χ1) is 14.4. The molecule has 5 atom stereocenters. The number of carbonyl (C=O) groups is 2. The first-order valence-electron chi connectivity index (χ1n) is 10.5. The Hall–Kier alpha value is -2.66. The lowest BCUT2D eigenvalue weighted by Crippen LogP contribution is -2.53. The monoisotopic (exact) mass is 410 g/mol. The zero-order valence-electron chi connectivity index (χ0n) is 18.0. The molecule has 2 aromatic carbocycles. The molecule has 1 heterocycles. The highest BCUT2D eigenvalue weighted by atomic mass is 16.7. The second-order valence-electron chi connectivity index (χ2n) is 8.40. The lowest BCUT2D eigenvalue weighted by Gasteiger charge is -2.44. The minimum Gasteiger partial charge on any atom is -0.452 e. The molecule has 5 heteroatoms. The van der Waals surface area contributed by atoms with Gasteiger partial charge in [0.15, 0.2) is 6.10 Å². The molecule has 0 bridgehead atoms. The fourth-order valence-corrected chi connectivity index (χ4v) is 3.77. The SMILES string of the molecule is CC(C)C[C@H]1OC(OC(=O)c2ccccc2)[C@H](OC(=O)c2ccccc2)[C@H](C)[C@H]1C. The number of benzene rings is 2. The first-order valence-corrected chi connectivity index (χ1v) is 10.5. The van der Waals surface area contributed by atoms with Gasteiger partial charge in [0.05, 0.1) is 17.2 Å². The minimum absolute atomic E-state index is 0.0382. The highest BCUT2D eigenvalue weighted by Crippen LogP contribution is 2.36. The van der Waals surface area contributed by atoms with Crippen LogP contribution >= 0.6 is 0 Å². The van der Waals surface area contributed by atoms with E-state index in [1.807, 2.05) is 19.1 Å². The summed E-state index contributed by atoms with van der Waals surface area (Å²) in [5.41, 5.74) is 0.885. The Labute approximate surface area is 178 Å². The van der Waals surface area contributed by atoms with Crippen LogP contribution in [-0.4, -0.2) is 30.4 Å². The molecule has 5 nitrogen and oxygen atoms in total. The van der Waals surface area contributed by atoms with Crippen LogP contribution in [0.3, 0.4) is 0 Å². The summed E-state index contributed by atoms with van der Waals surface area (Å²) in [5, 5.41) is 0. The smallest absolute Gasteiger partial charge is 0.340 e. The molecule has 1 unspecified atom stereocenters. The van der Waals surface area contributed by atoms with Gasteiger partial charge in [0.25, 0.3) is 0 Å². The van der Waals surface area contributed by atoms with Crippen molar-refractivity contribution in [3.8, 4) is 0 Å². The molecule has 0 radical (unpaired) electrons. The molecular formula is C25H30O5. The molecule has 1 fully saturated rings. The van der Waals surface area contributed by atoms with Crippen LogP contribution in [0.25, 0.3) is 0 Å². The van der Waals surface area contributed by atoms with Gasteiger partial charge in [0.2, 0.25) is 6.29 Å². The second-order valence-corrected chi connectivity index (χ2v) is 8.40. The molecule has 30 heavy (non-hydrogen) atoms. The van der Waals surface area contributed by atoms with Crippen molar-refractivity contribution in [2.45, 2.75) is 52.6 Å². The highest BCUT2D eigenvalue weighted by molar-refractivity contribution is 5.90. The topological polar surface area (TPSA) is 61.8 Å². The van der Waals surface area contributed by atoms with Crippen molar-refractivity contribution in [2.75, 3.05) is 0 Å². The molecule has 1 aliphatic heterocycles. The molecule has 0 N–H and O–H groups in total. The molecule has 0 aliphatic carbocycles. The summed E-state index contributed by atoms with van der Waals surface area (Å²) in [6, 6.07) is 17.6. The number of esters is 2. The number of carbonyl (C=O) groups excluding carboxylic acids is 2. The molecular weight excluding hydrogens is 380 g/mol. The van der Waals surface area contributed by atoms with Gasteiger partial charge in [-0.1, -0.05) is 64.1 Å². The van der Waals surface area contributed by atoms with Crippen molar-refractivity contribution < 1.29 is 23.8 Å². The maximum atomic E-state index is 12.7. The van der Waals surface area contributed by atoms with E-state index in [1.54, 1.807) is 48.5 Å². The Bertz CT molecular complexity index is 833. The van der Waals surface area contributed by atoms with Crippen LogP contribution in [-0.2, 0) is 14.2 Å². The molecule has 1 saturated heterocycles. The van der Waals surface area contributed by atoms with Crippen LogP contribution < -0.4 is 0 Å². The standard InChI is InChI=1S/C25H30O5/c1-16(2)15-21-17(3)18(4)22(29-23(26)19-11-7-5-8-12-19)25(28-21)30-24(27)20-13-9-6-10-14-20/h5-14,16-18,21-22,25H,15H2,1-4H3/t17-,18-,21-,22-,25?/m1/s1. The third kappa shape index (κ3) is 5.28. The van der Waals surface area contributed by atoms with Crippen molar-refractivity contribution in [3.63, 3.8) is 0 Å². The second kappa shape index (κ2) is 9.90. The van der Waals surface area contributed by atoms with Crippen LogP contribution in [0.2, 0.25) is 0 Å². The Morgan fingerprint density at radius 3 is 1.83 bits per heavy atom. The van der Waals surface area contributed by atoms with Gasteiger partial charge in [-0.15, -0.1) is 0 Å². The number of hydrogen-bond acceptors (Lipinski definition) is 5. The van der Waals surface area contributed by atoms with Crippen molar-refractivity contribution in [3.05, 3.63) is 71.8 Å². The first kappa shape index (κ1) is 22.0. The van der Waals surface area contributed by atoms with E-state index in [1.165, 1.54) is 0 Å². The molecule has 0 spiro atoms. The van der Waals surface area contributed by atoms with Crippen LogP contribution in [0.1, 0.15) is 54.8 Å². The highest BCUT2D eigenvalue weighted by Gasteiger charge is 2.46. The number of hydrogen-bond donors (Lipinski definition) is 0. The fourth-order valence-electron chi connectivity index (χ4n) is 3.77. The molecule has 3 rings (SSSR count). The van der Waals surface area contributed by atoms with Gasteiger partial charge in [0, 0.05) is 5.92 Å². The van der Waals surface area contributed by atoms with E-state index in [4.69, 9.17) is 14.2 Å². The van der Waals surface area contributed by atoms with Crippen LogP contribution in [0.15, 0.2) is 60.7 Å². The Kier molecular flexibility index (Phi) is 7.27. The lowest BCUT2D eigenvalue weighted by atomic mass is 9.80. The molecule has 0 amide bonds. The van der Waals surface area contributed by atoms with Gasteiger partial charge in [-0.05, 0) is 42.5 Å². The Balaban J connectivity index is 1.82. The molecule has 2 aromatic rings. The lowest BCUT2D eigenvalue weighted by molar-refractivity contribution is -0.251. The maximum absolute atomic E-state index is 12.7. The number of ether oxygens (including phenoxy) is 3. The van der Waals surface area contributed by atoms with E-state index in [0.717, 1.165) is 6.42 Å². The summed E-state index contributed by atoms with van der Waals surface area (Å²) in [6.07, 6.45) is -0.895. The van der Waals surface area contributed by atoms with Crippen molar-refractivity contribution >= 4 is 11.9 Å². The summed E-state index contributed by atoms with van der Waals surface area (Å²) < 4.78 is 17.7. The summed E-state index contributed by atoms with van der Waals surface area (Å²) >= 11 is 0. The van der Waals surface area contributed by atoms with Gasteiger partial charge < -0.3 is 14.2 Å². The Morgan fingerprint density at radius 2 is 1.33 bits per heavy atom. The molecule has 0 saturated carbocycles. The van der Waals surface area contributed by atoms with E-state index in [9.17, 15) is 9.59 Å². The molecule has 1 aliphatic rings. The largest absolute Gasteiger partial charge is 0.452 e. The minimum atomic E-state index is -0.958. The van der Waals surface area contributed by atoms with Crippen LogP contribution in [0.5, 0.6) is 0 Å². The predicted octanol–water partition coefficient (Wildman–Crippen LogP) is 5.11. The van der Waals surface area contributed by atoms with E-state index in [0.29, 0.717) is 17.0 Å². The van der Waals surface area contributed by atoms with E-state index >= 15 is 0 Å². The zero-order valence-corrected chi connectivity index (χ0v) is 18.0. The summed E-state index contributed by atoms with van der Waals surface area (Å²) in [6.45, 7) is 8.38. The average molecular weight is 411 g/mol. The summed E-state index contributed by atoms with van der Waals surface area (Å²) in [4.78, 5) is 25.4. The quantitative estimate of drug-likeness (QED) is 0.619. The van der Waals surface area contributed by atoms with Gasteiger partial charge in [-0.3, -0.25) is 0 Å². The summed E-state index contributed by atoms with van der Waals surface area (Å²) in [7, 11) is 0. The van der Waals surface area contributed by atoms with Crippen molar-refractivity contribution in [1.29, 1.82) is 0 Å². The van der Waals surface area contributed by atoms with E-state index in [-0.39, 0.29) is 17.9 Å². The van der Waals surface area contributed by atoms with Gasteiger partial charge in [-0.2, -0.15) is 0 Å². The van der Waals surface area contributed by atoms with Crippen LogP contribution in [0.4, 0.5) is 0 Å². The normalized spacial score (nSPS) is 26.2. The average Bonchev–Trinajstić information content (AvgIpc) is 2.75. The Morgan fingerprint density at radius 1 is 0.833 bits per heavy atom. The third-order valence-corrected chi connectivity index (χ3v) is 5.70. The van der Waals surface area contributed by atoms with Crippen molar-refractivity contribution in [2.24, 2.45) is 17.8 Å². The van der Waals surface area contributed by atoms with E-state index < -0.39 is 24.3 Å².